The molecule has 1 unspecified atom stereocenters. The molecule has 3 nitrogen and oxygen atoms in total. The number of rotatable bonds is 0. The van der Waals surface area contributed by atoms with Gasteiger partial charge in [0.2, 0.25) is 0 Å². The van der Waals surface area contributed by atoms with Crippen LogP contribution in [0.4, 0.5) is 0 Å². The van der Waals surface area contributed by atoms with Gasteiger partial charge in [0, 0.05) is 13.1 Å². The van der Waals surface area contributed by atoms with Crippen LogP contribution >= 0.6 is 12.4 Å². The lowest BCUT2D eigenvalue weighted by atomic mass is 9.91. The van der Waals surface area contributed by atoms with Crippen LogP contribution in [0, 0.1) is 0 Å². The average molecular weight is 166 g/mol. The van der Waals surface area contributed by atoms with E-state index in [1.807, 2.05) is 0 Å². The van der Waals surface area contributed by atoms with Crippen molar-refractivity contribution in [3.8, 4) is 0 Å². The number of hydrogen-bond donors (Lipinski definition) is 2. The number of nitrogens with one attached hydrogen (secondary N) is 1. The minimum Gasteiger partial charge on any atom is -0.390 e. The van der Waals surface area contributed by atoms with Gasteiger partial charge < -0.3 is 15.2 Å². The number of halogens is 1. The Balaban J connectivity index is 0.000000500. The summed E-state index contributed by atoms with van der Waals surface area (Å²) in [6.45, 7) is 2.38. The smallest absolute Gasteiger partial charge is 0.119 e. The van der Waals surface area contributed by atoms with Crippen LogP contribution in [0.1, 0.15) is 6.42 Å². The van der Waals surface area contributed by atoms with Crippen LogP contribution < -0.4 is 5.32 Å². The standard InChI is InChI=1S/C6H11NO2.ClH/c8-5-1-2-9-6(5)3-7-4-6;/h5,7-8H,1-4H2;1H. The maximum Gasteiger partial charge on any atom is 0.119 e. The van der Waals surface area contributed by atoms with E-state index in [1.165, 1.54) is 0 Å². The third kappa shape index (κ3) is 0.937. The monoisotopic (exact) mass is 165 g/mol. The fourth-order valence-electron chi connectivity index (χ4n) is 1.44. The van der Waals surface area contributed by atoms with E-state index in [4.69, 9.17) is 4.74 Å². The van der Waals surface area contributed by atoms with Crippen LogP contribution in [0.3, 0.4) is 0 Å². The van der Waals surface area contributed by atoms with Crippen LogP contribution in [0.5, 0.6) is 0 Å². The summed E-state index contributed by atoms with van der Waals surface area (Å²) >= 11 is 0. The van der Waals surface area contributed by atoms with E-state index in [9.17, 15) is 5.11 Å². The quantitative estimate of drug-likeness (QED) is 0.510. The molecule has 2 aliphatic rings. The fraction of sp³-hybridized carbons (Fsp3) is 1.00. The Labute approximate surface area is 66.2 Å². The van der Waals surface area contributed by atoms with E-state index in [0.29, 0.717) is 0 Å². The summed E-state index contributed by atoms with van der Waals surface area (Å²) in [5.41, 5.74) is -0.181. The van der Waals surface area contributed by atoms with Crippen molar-refractivity contribution in [3.63, 3.8) is 0 Å². The molecule has 0 aliphatic carbocycles. The van der Waals surface area contributed by atoms with Crippen LogP contribution in [-0.2, 0) is 4.74 Å². The van der Waals surface area contributed by atoms with Crippen molar-refractivity contribution in [1.82, 2.24) is 5.32 Å². The van der Waals surface area contributed by atoms with Gasteiger partial charge in [-0.05, 0) is 6.42 Å². The van der Waals surface area contributed by atoms with Gasteiger partial charge >= 0.3 is 0 Å². The Kier molecular flexibility index (Phi) is 2.20. The van der Waals surface area contributed by atoms with Crippen molar-refractivity contribution in [1.29, 1.82) is 0 Å². The molecule has 1 spiro atoms. The average Bonchev–Trinajstić information content (AvgIpc) is 2.07. The van der Waals surface area contributed by atoms with Gasteiger partial charge in [-0.3, -0.25) is 0 Å². The van der Waals surface area contributed by atoms with Crippen LogP contribution in [-0.4, -0.2) is 36.5 Å². The topological polar surface area (TPSA) is 41.5 Å². The van der Waals surface area contributed by atoms with E-state index in [2.05, 4.69) is 5.32 Å². The predicted molar refractivity (Wildman–Crippen MR) is 39.4 cm³/mol. The second-order valence-corrected chi connectivity index (χ2v) is 2.82. The van der Waals surface area contributed by atoms with Crippen molar-refractivity contribution in [3.05, 3.63) is 0 Å². The van der Waals surface area contributed by atoms with Crippen molar-refractivity contribution >= 4 is 12.4 Å². The molecule has 0 amide bonds. The molecule has 2 N–H and O–H groups in total. The molecule has 0 bridgehead atoms. The molecular formula is C6H12ClNO2. The largest absolute Gasteiger partial charge is 0.390 e. The van der Waals surface area contributed by atoms with E-state index in [1.54, 1.807) is 0 Å². The highest BCUT2D eigenvalue weighted by atomic mass is 35.5. The number of hydrogen-bond acceptors (Lipinski definition) is 3. The zero-order valence-corrected chi connectivity index (χ0v) is 6.49. The van der Waals surface area contributed by atoms with E-state index < -0.39 is 0 Å². The molecule has 0 aromatic heterocycles. The minimum atomic E-state index is -0.223. The van der Waals surface area contributed by atoms with Crippen molar-refractivity contribution < 1.29 is 9.84 Å². The Bertz CT molecular complexity index is 127. The van der Waals surface area contributed by atoms with Crippen molar-refractivity contribution in [2.24, 2.45) is 0 Å². The summed E-state index contributed by atoms with van der Waals surface area (Å²) in [5.74, 6) is 0. The number of aliphatic hydroxyl groups is 1. The first-order valence-corrected chi connectivity index (χ1v) is 3.36. The van der Waals surface area contributed by atoms with Crippen molar-refractivity contribution in [2.45, 2.75) is 18.1 Å². The Morgan fingerprint density at radius 2 is 2.20 bits per heavy atom. The highest BCUT2D eigenvalue weighted by molar-refractivity contribution is 5.85. The molecule has 2 aliphatic heterocycles. The summed E-state index contributed by atoms with van der Waals surface area (Å²) in [6.07, 6.45) is 0.584. The predicted octanol–water partition coefficient (Wildman–Crippen LogP) is -0.469. The zero-order chi connectivity index (χ0) is 6.32. The van der Waals surface area contributed by atoms with Crippen LogP contribution in [0.15, 0.2) is 0 Å². The summed E-state index contributed by atoms with van der Waals surface area (Å²) < 4.78 is 5.38. The SMILES string of the molecule is Cl.OC1CCOC12CNC2. The Morgan fingerprint density at radius 3 is 2.40 bits per heavy atom. The molecular weight excluding hydrogens is 154 g/mol. The highest BCUT2D eigenvalue weighted by Gasteiger charge is 2.48. The molecule has 1 atom stereocenters. The summed E-state index contributed by atoms with van der Waals surface area (Å²) in [4.78, 5) is 0. The second-order valence-electron chi connectivity index (χ2n) is 2.82. The lowest BCUT2D eigenvalue weighted by Crippen LogP contribution is -2.64. The third-order valence-corrected chi connectivity index (χ3v) is 2.24. The van der Waals surface area contributed by atoms with Gasteiger partial charge in [0.1, 0.15) is 5.60 Å². The Morgan fingerprint density at radius 1 is 1.50 bits per heavy atom. The van der Waals surface area contributed by atoms with Crippen LogP contribution in [0.25, 0.3) is 0 Å². The summed E-state index contributed by atoms with van der Waals surface area (Å²) in [7, 11) is 0. The van der Waals surface area contributed by atoms with E-state index in [-0.39, 0.29) is 24.1 Å². The molecule has 2 fully saturated rings. The molecule has 2 heterocycles. The van der Waals surface area contributed by atoms with Gasteiger partial charge in [0.05, 0.1) is 12.7 Å². The highest BCUT2D eigenvalue weighted by Crippen LogP contribution is 2.29. The molecule has 10 heavy (non-hydrogen) atoms. The normalized spacial score (nSPS) is 35.1. The lowest BCUT2D eigenvalue weighted by Gasteiger charge is -2.40. The molecule has 60 valence electrons. The summed E-state index contributed by atoms with van der Waals surface area (Å²) in [6, 6.07) is 0. The molecule has 2 rings (SSSR count). The van der Waals surface area contributed by atoms with Gasteiger partial charge in [-0.15, -0.1) is 12.4 Å². The Hall–Kier alpha value is 0.170. The molecule has 2 saturated heterocycles. The molecule has 0 aromatic rings. The molecule has 0 saturated carbocycles. The second kappa shape index (κ2) is 2.66. The maximum absolute atomic E-state index is 9.33. The third-order valence-electron chi connectivity index (χ3n) is 2.24. The van der Waals surface area contributed by atoms with Gasteiger partial charge in [0.15, 0.2) is 0 Å². The lowest BCUT2D eigenvalue weighted by molar-refractivity contribution is -0.0911. The number of ether oxygens (including phenoxy) is 1. The van der Waals surface area contributed by atoms with E-state index >= 15 is 0 Å². The van der Waals surface area contributed by atoms with Gasteiger partial charge in [0.25, 0.3) is 0 Å². The van der Waals surface area contributed by atoms with Crippen LogP contribution in [0.2, 0.25) is 0 Å². The maximum atomic E-state index is 9.33. The molecule has 4 heteroatoms. The van der Waals surface area contributed by atoms with E-state index in [0.717, 1.165) is 26.1 Å². The minimum absolute atomic E-state index is 0. The zero-order valence-electron chi connectivity index (χ0n) is 5.67. The summed E-state index contributed by atoms with van der Waals surface area (Å²) in [5, 5.41) is 12.4. The van der Waals surface area contributed by atoms with Gasteiger partial charge in [-0.25, -0.2) is 0 Å². The first-order chi connectivity index (χ1) is 4.33. The van der Waals surface area contributed by atoms with Gasteiger partial charge in [-0.1, -0.05) is 0 Å². The first-order valence-electron chi connectivity index (χ1n) is 3.36. The van der Waals surface area contributed by atoms with Crippen molar-refractivity contribution in [2.75, 3.05) is 19.7 Å². The number of aliphatic hydroxyl groups excluding tert-OH is 1. The fourth-order valence-corrected chi connectivity index (χ4v) is 1.44. The molecule has 0 radical (unpaired) electrons. The van der Waals surface area contributed by atoms with Gasteiger partial charge in [-0.2, -0.15) is 0 Å². The molecule has 0 aromatic carbocycles. The first kappa shape index (κ1) is 8.27.